The second-order valence-electron chi connectivity index (χ2n) is 7.66. The van der Waals surface area contributed by atoms with Crippen LogP contribution in [-0.4, -0.2) is 18.8 Å². The summed E-state index contributed by atoms with van der Waals surface area (Å²) >= 11 is 0. The molecule has 1 amide bonds. The van der Waals surface area contributed by atoms with E-state index in [0.29, 0.717) is 28.2 Å². The van der Waals surface area contributed by atoms with Crippen LogP contribution in [0.1, 0.15) is 29.8 Å². The minimum atomic E-state index is -0.311. The summed E-state index contributed by atoms with van der Waals surface area (Å²) in [5, 5.41) is 3.62. The van der Waals surface area contributed by atoms with E-state index in [1.54, 1.807) is 55.8 Å². The second kappa shape index (κ2) is 9.12. The van der Waals surface area contributed by atoms with Gasteiger partial charge in [-0.05, 0) is 67.4 Å². The minimum absolute atomic E-state index is 0.0367. The van der Waals surface area contributed by atoms with Crippen LogP contribution in [-0.2, 0) is 4.79 Å². The van der Waals surface area contributed by atoms with Crippen molar-refractivity contribution < 1.29 is 23.1 Å². The summed E-state index contributed by atoms with van der Waals surface area (Å²) in [7, 11) is 1.55. The molecule has 4 rings (SSSR count). The van der Waals surface area contributed by atoms with Gasteiger partial charge in [0.2, 0.25) is 5.91 Å². The number of Topliss-reactive ketones (excluding diaryl/α,β-unsaturated/α-hetero) is 1. The van der Waals surface area contributed by atoms with E-state index in [1.165, 1.54) is 25.1 Å². The number of rotatable bonds is 6. The van der Waals surface area contributed by atoms with E-state index in [2.05, 4.69) is 5.32 Å². The van der Waals surface area contributed by atoms with Crippen molar-refractivity contribution in [3.63, 3.8) is 0 Å². The molecular formula is C27H22FNO4. The monoisotopic (exact) mass is 443 g/mol. The molecule has 0 bridgehead atoms. The first-order valence-electron chi connectivity index (χ1n) is 10.3. The Labute approximate surface area is 190 Å². The summed E-state index contributed by atoms with van der Waals surface area (Å²) < 4.78 is 24.6. The number of amides is 1. The second-order valence-corrected chi connectivity index (χ2v) is 7.66. The predicted molar refractivity (Wildman–Crippen MR) is 127 cm³/mol. The first-order chi connectivity index (χ1) is 15.9. The number of furan rings is 1. The molecule has 0 aliphatic rings. The molecule has 1 N–H and O–H groups in total. The van der Waals surface area contributed by atoms with Gasteiger partial charge in [0.15, 0.2) is 5.78 Å². The van der Waals surface area contributed by atoms with E-state index in [-0.39, 0.29) is 17.5 Å². The van der Waals surface area contributed by atoms with E-state index in [0.717, 1.165) is 22.1 Å². The van der Waals surface area contributed by atoms with Crippen LogP contribution in [0.4, 0.5) is 10.1 Å². The normalized spacial score (nSPS) is 11.5. The van der Waals surface area contributed by atoms with Crippen LogP contribution >= 0.6 is 0 Å². The number of hydrogen-bond acceptors (Lipinski definition) is 4. The molecule has 0 atom stereocenters. The average Bonchev–Trinajstić information content (AvgIpc) is 3.21. The highest BCUT2D eigenvalue weighted by atomic mass is 19.1. The zero-order valence-electron chi connectivity index (χ0n) is 18.4. The Balaban J connectivity index is 1.65. The molecular weight excluding hydrogens is 421 g/mol. The summed E-state index contributed by atoms with van der Waals surface area (Å²) in [6.07, 6.45) is 3.11. The number of ketones is 1. The standard InChI is InChI=1S/C27H22FNO4/c1-16(12-27(31)29-21-10-6-18(7-11-21)17(2)30)22-13-23-24(19-4-8-20(28)9-5-19)15-33-26(23)14-25(22)32-3/h4-15H,1-3H3,(H,29,31)/b16-12+. The molecule has 33 heavy (non-hydrogen) atoms. The zero-order chi connectivity index (χ0) is 23.5. The largest absolute Gasteiger partial charge is 0.496 e. The van der Waals surface area contributed by atoms with Gasteiger partial charge in [-0.1, -0.05) is 12.1 Å². The first-order valence-corrected chi connectivity index (χ1v) is 10.3. The number of allylic oxidation sites excluding steroid dienone is 1. The van der Waals surface area contributed by atoms with Crippen LogP contribution in [0.15, 0.2) is 77.4 Å². The van der Waals surface area contributed by atoms with Gasteiger partial charge in [-0.2, -0.15) is 0 Å². The van der Waals surface area contributed by atoms with Crippen molar-refractivity contribution >= 4 is 33.9 Å². The van der Waals surface area contributed by atoms with Crippen molar-refractivity contribution in [2.75, 3.05) is 12.4 Å². The number of methoxy groups -OCH3 is 1. The fourth-order valence-electron chi connectivity index (χ4n) is 3.63. The zero-order valence-corrected chi connectivity index (χ0v) is 18.4. The summed E-state index contributed by atoms with van der Waals surface area (Å²) in [4.78, 5) is 24.0. The number of ether oxygens (including phenoxy) is 1. The summed E-state index contributed by atoms with van der Waals surface area (Å²) in [5.41, 5.74) is 4.85. The van der Waals surface area contributed by atoms with E-state index >= 15 is 0 Å². The molecule has 0 spiro atoms. The lowest BCUT2D eigenvalue weighted by molar-refractivity contribution is -0.111. The fraction of sp³-hybridized carbons (Fsp3) is 0.111. The highest BCUT2D eigenvalue weighted by molar-refractivity contribution is 6.05. The van der Waals surface area contributed by atoms with Gasteiger partial charge in [0.1, 0.15) is 17.1 Å². The van der Waals surface area contributed by atoms with E-state index in [9.17, 15) is 14.0 Å². The Morgan fingerprint density at radius 2 is 1.70 bits per heavy atom. The van der Waals surface area contributed by atoms with E-state index < -0.39 is 0 Å². The smallest absolute Gasteiger partial charge is 0.248 e. The van der Waals surface area contributed by atoms with Crippen molar-refractivity contribution in [2.45, 2.75) is 13.8 Å². The molecule has 166 valence electrons. The molecule has 4 aromatic rings. The van der Waals surface area contributed by atoms with Crippen molar-refractivity contribution in [3.8, 4) is 16.9 Å². The molecule has 0 saturated heterocycles. The van der Waals surface area contributed by atoms with Gasteiger partial charge < -0.3 is 14.5 Å². The molecule has 1 heterocycles. The molecule has 3 aromatic carbocycles. The highest BCUT2D eigenvalue weighted by Crippen LogP contribution is 2.37. The van der Waals surface area contributed by atoms with E-state index in [1.807, 2.05) is 13.0 Å². The molecule has 0 fully saturated rings. The Hall–Kier alpha value is -4.19. The third-order valence-corrected chi connectivity index (χ3v) is 5.38. The lowest BCUT2D eigenvalue weighted by atomic mass is 9.99. The van der Waals surface area contributed by atoms with Crippen LogP contribution in [0.5, 0.6) is 5.75 Å². The Kier molecular flexibility index (Phi) is 6.09. The third-order valence-electron chi connectivity index (χ3n) is 5.38. The molecule has 6 heteroatoms. The van der Waals surface area contributed by atoms with Gasteiger partial charge in [-0.3, -0.25) is 9.59 Å². The SMILES string of the molecule is COc1cc2occ(-c3ccc(F)cc3)c2cc1/C(C)=C/C(=O)Nc1ccc(C(C)=O)cc1. The van der Waals surface area contributed by atoms with Crippen molar-refractivity contribution in [3.05, 3.63) is 89.9 Å². The van der Waals surface area contributed by atoms with Crippen LogP contribution in [0.25, 0.3) is 27.7 Å². The average molecular weight is 443 g/mol. The maximum Gasteiger partial charge on any atom is 0.248 e. The van der Waals surface area contributed by atoms with Crippen molar-refractivity contribution in [1.82, 2.24) is 0 Å². The predicted octanol–water partition coefficient (Wildman–Crippen LogP) is 6.49. The van der Waals surface area contributed by atoms with Crippen LogP contribution in [0.3, 0.4) is 0 Å². The number of benzene rings is 3. The number of fused-ring (bicyclic) bond motifs is 1. The highest BCUT2D eigenvalue weighted by Gasteiger charge is 2.15. The summed E-state index contributed by atoms with van der Waals surface area (Å²) in [6, 6.07) is 16.6. The molecule has 0 aliphatic carbocycles. The van der Waals surface area contributed by atoms with Gasteiger partial charge in [-0.15, -0.1) is 0 Å². The van der Waals surface area contributed by atoms with Gasteiger partial charge in [0.05, 0.1) is 13.4 Å². The Morgan fingerprint density at radius 1 is 1.00 bits per heavy atom. The van der Waals surface area contributed by atoms with Crippen LogP contribution in [0, 0.1) is 5.82 Å². The number of nitrogens with one attached hydrogen (secondary N) is 1. The van der Waals surface area contributed by atoms with Crippen LogP contribution in [0.2, 0.25) is 0 Å². The summed E-state index contributed by atoms with van der Waals surface area (Å²) in [6.45, 7) is 3.31. The third kappa shape index (κ3) is 4.70. The Morgan fingerprint density at radius 3 is 2.33 bits per heavy atom. The van der Waals surface area contributed by atoms with Gasteiger partial charge >= 0.3 is 0 Å². The molecule has 5 nitrogen and oxygen atoms in total. The number of carbonyl (C=O) groups excluding carboxylic acids is 2. The van der Waals surface area contributed by atoms with Gasteiger partial charge in [-0.25, -0.2) is 4.39 Å². The lowest BCUT2D eigenvalue weighted by Crippen LogP contribution is -2.09. The minimum Gasteiger partial charge on any atom is -0.496 e. The quantitative estimate of drug-likeness (QED) is 0.273. The molecule has 0 saturated carbocycles. The number of carbonyl (C=O) groups is 2. The number of halogens is 1. The molecule has 1 aromatic heterocycles. The van der Waals surface area contributed by atoms with Crippen LogP contribution < -0.4 is 10.1 Å². The van der Waals surface area contributed by atoms with Gasteiger partial charge in [0, 0.05) is 39.9 Å². The van der Waals surface area contributed by atoms with Gasteiger partial charge in [0.25, 0.3) is 0 Å². The Bertz CT molecular complexity index is 1370. The number of anilines is 1. The molecule has 0 radical (unpaired) electrons. The maximum absolute atomic E-state index is 13.3. The summed E-state index contributed by atoms with van der Waals surface area (Å²) in [5.74, 6) is -0.0916. The lowest BCUT2D eigenvalue weighted by Gasteiger charge is -2.10. The van der Waals surface area contributed by atoms with Crippen molar-refractivity contribution in [1.29, 1.82) is 0 Å². The maximum atomic E-state index is 13.3. The topological polar surface area (TPSA) is 68.5 Å². The molecule has 0 unspecified atom stereocenters. The number of hydrogen-bond donors (Lipinski definition) is 1. The first kappa shape index (κ1) is 22.0. The fourth-order valence-corrected chi connectivity index (χ4v) is 3.63. The molecule has 0 aliphatic heterocycles. The van der Waals surface area contributed by atoms with E-state index in [4.69, 9.17) is 9.15 Å². The van der Waals surface area contributed by atoms with Crippen molar-refractivity contribution in [2.24, 2.45) is 0 Å².